The van der Waals surface area contributed by atoms with Crippen LogP contribution in [0.5, 0.6) is 0 Å². The second kappa shape index (κ2) is 9.16. The smallest absolute Gasteiger partial charge is 0.270 e. The Bertz CT molecular complexity index is 1270. The van der Waals surface area contributed by atoms with Gasteiger partial charge in [-0.1, -0.05) is 64.5 Å². The fourth-order valence-corrected chi connectivity index (χ4v) is 4.20. The summed E-state index contributed by atoms with van der Waals surface area (Å²) in [6.07, 6.45) is -1.52. The zero-order chi connectivity index (χ0) is 22.8. The minimum absolute atomic E-state index is 0.208. The van der Waals surface area contributed by atoms with E-state index in [2.05, 4.69) is 26.6 Å². The Kier molecular flexibility index (Phi) is 6.32. The molecule has 0 fully saturated rings. The molecule has 0 aliphatic heterocycles. The fourth-order valence-electron chi connectivity index (χ4n) is 3.80. The van der Waals surface area contributed by atoms with Crippen LogP contribution in [0.3, 0.4) is 0 Å². The number of hydrogen-bond donors (Lipinski definition) is 4. The van der Waals surface area contributed by atoms with Gasteiger partial charge in [-0.2, -0.15) is 0 Å². The zero-order valence-corrected chi connectivity index (χ0v) is 19.3. The van der Waals surface area contributed by atoms with Gasteiger partial charge < -0.3 is 25.4 Å². The van der Waals surface area contributed by atoms with E-state index in [0.29, 0.717) is 11.3 Å². The molecule has 3 aromatic carbocycles. The summed E-state index contributed by atoms with van der Waals surface area (Å²) in [5.41, 5.74) is 4.36. The Balaban J connectivity index is 1.68. The average molecular weight is 494 g/mol. The van der Waals surface area contributed by atoms with Crippen LogP contribution in [0.1, 0.15) is 40.9 Å². The highest BCUT2D eigenvalue weighted by atomic mass is 79.9. The number of aromatic nitrogens is 1. The van der Waals surface area contributed by atoms with Crippen molar-refractivity contribution in [2.24, 2.45) is 7.05 Å². The summed E-state index contributed by atoms with van der Waals surface area (Å²) >= 11 is 3.49. The molecule has 7 heteroatoms. The monoisotopic (exact) mass is 493 g/mol. The molecule has 0 saturated carbocycles. The van der Waals surface area contributed by atoms with Crippen molar-refractivity contribution >= 4 is 44.1 Å². The number of para-hydroxylation sites is 1. The van der Waals surface area contributed by atoms with Gasteiger partial charge >= 0.3 is 0 Å². The summed E-state index contributed by atoms with van der Waals surface area (Å²) in [5.74, 6) is -0.208. The molecule has 4 rings (SSSR count). The topological polar surface area (TPSA) is 86.5 Å². The quantitative estimate of drug-likeness (QED) is 0.279. The van der Waals surface area contributed by atoms with Gasteiger partial charge in [-0.25, -0.2) is 0 Å². The van der Waals surface area contributed by atoms with Crippen LogP contribution < -0.4 is 10.6 Å². The number of nitrogens with one attached hydrogen (secondary N) is 2. The minimum atomic E-state index is -1.52. The molecule has 4 N–H and O–H groups in total. The first-order valence-corrected chi connectivity index (χ1v) is 11.0. The van der Waals surface area contributed by atoms with Crippen molar-refractivity contribution in [3.8, 4) is 0 Å². The highest BCUT2D eigenvalue weighted by Gasteiger charge is 2.23. The lowest BCUT2D eigenvalue weighted by atomic mass is 10.1. The highest BCUT2D eigenvalue weighted by molar-refractivity contribution is 9.10. The third-order valence-electron chi connectivity index (χ3n) is 5.50. The van der Waals surface area contributed by atoms with Crippen molar-refractivity contribution in [2.45, 2.75) is 19.3 Å². The lowest BCUT2D eigenvalue weighted by molar-refractivity contribution is -0.0425. The van der Waals surface area contributed by atoms with E-state index in [1.165, 1.54) is 0 Å². The number of nitrogens with zero attached hydrogens (tertiary/aromatic N) is 1. The molecule has 0 aliphatic carbocycles. The predicted molar refractivity (Wildman–Crippen MR) is 130 cm³/mol. The number of fused-ring (bicyclic) bond motifs is 1. The van der Waals surface area contributed by atoms with Crippen LogP contribution in [0.2, 0.25) is 0 Å². The van der Waals surface area contributed by atoms with Gasteiger partial charge in [0.1, 0.15) is 5.69 Å². The molecule has 164 valence electrons. The second-order valence-electron chi connectivity index (χ2n) is 7.67. The molecule has 0 spiro atoms. The maximum absolute atomic E-state index is 13.4. The van der Waals surface area contributed by atoms with E-state index < -0.39 is 6.29 Å². The Morgan fingerprint density at radius 1 is 0.969 bits per heavy atom. The summed E-state index contributed by atoms with van der Waals surface area (Å²) in [4.78, 5) is 13.4. The molecule has 0 aliphatic rings. The number of hydrogen-bond acceptors (Lipinski definition) is 4. The van der Waals surface area contributed by atoms with Crippen molar-refractivity contribution in [3.05, 3.63) is 94.1 Å². The average Bonchev–Trinajstić information content (AvgIpc) is 3.05. The van der Waals surface area contributed by atoms with E-state index in [-0.39, 0.29) is 11.9 Å². The van der Waals surface area contributed by atoms with Gasteiger partial charge in [0.2, 0.25) is 0 Å². The summed E-state index contributed by atoms with van der Waals surface area (Å²) in [6, 6.07) is 22.2. The SMILES string of the molecule is CC(NC(=O)c1c(Nc2cccc(Br)c2)c2ccccc2n1C)c1ccc(C(O)O)cc1. The van der Waals surface area contributed by atoms with Crippen LogP contribution in [-0.2, 0) is 7.05 Å². The molecular weight excluding hydrogens is 470 g/mol. The number of benzene rings is 3. The number of aryl methyl sites for hydroxylation is 1. The summed E-state index contributed by atoms with van der Waals surface area (Å²) in [5, 5.41) is 26.0. The van der Waals surface area contributed by atoms with Gasteiger partial charge in [0, 0.05) is 28.2 Å². The lowest BCUT2D eigenvalue weighted by Gasteiger charge is -2.17. The minimum Gasteiger partial charge on any atom is -0.364 e. The third kappa shape index (κ3) is 4.41. The molecule has 1 atom stereocenters. The number of halogens is 1. The molecule has 4 aromatic rings. The molecule has 6 nitrogen and oxygen atoms in total. The first-order chi connectivity index (χ1) is 15.3. The Morgan fingerprint density at radius 2 is 1.66 bits per heavy atom. The zero-order valence-electron chi connectivity index (χ0n) is 17.7. The van der Waals surface area contributed by atoms with E-state index in [9.17, 15) is 15.0 Å². The number of amides is 1. The van der Waals surface area contributed by atoms with Gasteiger partial charge in [0.15, 0.2) is 6.29 Å². The Morgan fingerprint density at radius 3 is 2.34 bits per heavy atom. The van der Waals surface area contributed by atoms with E-state index in [1.807, 2.05) is 67.1 Å². The maximum atomic E-state index is 13.4. The van der Waals surface area contributed by atoms with E-state index in [1.54, 1.807) is 24.3 Å². The Labute approximate surface area is 194 Å². The molecule has 32 heavy (non-hydrogen) atoms. The first kappa shape index (κ1) is 22.1. The standard InChI is InChI=1S/C25H24BrN3O3/c1-15(16-10-12-17(13-11-16)25(31)32)27-24(30)23-22(28-19-7-5-6-18(26)14-19)20-8-3-4-9-21(20)29(23)2/h3-15,25,28,31-32H,1-2H3,(H,27,30). The van der Waals surface area contributed by atoms with Crippen molar-refractivity contribution in [3.63, 3.8) is 0 Å². The molecule has 0 bridgehead atoms. The van der Waals surface area contributed by atoms with Crippen molar-refractivity contribution < 1.29 is 15.0 Å². The number of aliphatic hydroxyl groups excluding tert-OH is 1. The third-order valence-corrected chi connectivity index (χ3v) is 5.99. The molecule has 1 aromatic heterocycles. The summed E-state index contributed by atoms with van der Waals surface area (Å²) in [6.45, 7) is 1.90. The number of anilines is 2. The molecule has 1 unspecified atom stereocenters. The summed E-state index contributed by atoms with van der Waals surface area (Å²) in [7, 11) is 1.88. The normalized spacial score (nSPS) is 12.2. The van der Waals surface area contributed by atoms with E-state index in [0.717, 1.165) is 32.3 Å². The van der Waals surface area contributed by atoms with E-state index in [4.69, 9.17) is 0 Å². The molecular formula is C25H24BrN3O3. The Hall–Kier alpha value is -3.13. The van der Waals surface area contributed by atoms with Gasteiger partial charge in [-0.3, -0.25) is 4.79 Å². The van der Waals surface area contributed by atoms with Crippen molar-refractivity contribution in [1.29, 1.82) is 0 Å². The van der Waals surface area contributed by atoms with Crippen LogP contribution in [0.15, 0.2) is 77.3 Å². The van der Waals surface area contributed by atoms with Crippen molar-refractivity contribution in [1.82, 2.24) is 9.88 Å². The van der Waals surface area contributed by atoms with Crippen LogP contribution >= 0.6 is 15.9 Å². The van der Waals surface area contributed by atoms with Crippen LogP contribution in [0.25, 0.3) is 10.9 Å². The number of carbonyl (C=O) groups is 1. The fraction of sp³-hybridized carbons (Fsp3) is 0.160. The van der Waals surface area contributed by atoms with Gasteiger partial charge in [0.05, 0.1) is 17.2 Å². The number of aliphatic hydroxyl groups is 2. The summed E-state index contributed by atoms with van der Waals surface area (Å²) < 4.78 is 2.84. The van der Waals surface area contributed by atoms with Gasteiger partial charge in [0.25, 0.3) is 5.91 Å². The molecule has 0 radical (unpaired) electrons. The second-order valence-corrected chi connectivity index (χ2v) is 8.59. The van der Waals surface area contributed by atoms with Gasteiger partial charge in [-0.15, -0.1) is 0 Å². The highest BCUT2D eigenvalue weighted by Crippen LogP contribution is 2.33. The van der Waals surface area contributed by atoms with E-state index >= 15 is 0 Å². The van der Waals surface area contributed by atoms with Gasteiger partial charge in [-0.05, 0) is 36.8 Å². The molecule has 1 amide bonds. The first-order valence-electron chi connectivity index (χ1n) is 10.2. The number of carbonyl (C=O) groups excluding carboxylic acids is 1. The van der Waals surface area contributed by atoms with Crippen molar-refractivity contribution in [2.75, 3.05) is 5.32 Å². The molecule has 1 heterocycles. The maximum Gasteiger partial charge on any atom is 0.270 e. The van der Waals surface area contributed by atoms with Crippen LogP contribution in [0, 0.1) is 0 Å². The van der Waals surface area contributed by atoms with Crippen LogP contribution in [0.4, 0.5) is 11.4 Å². The predicted octanol–water partition coefficient (Wildman–Crippen LogP) is 5.16. The van der Waals surface area contributed by atoms with Crippen LogP contribution in [-0.4, -0.2) is 20.7 Å². The lowest BCUT2D eigenvalue weighted by Crippen LogP contribution is -2.28. The largest absolute Gasteiger partial charge is 0.364 e. The number of rotatable bonds is 6. The molecule has 0 saturated heterocycles.